The molecule has 6 heteroatoms. The summed E-state index contributed by atoms with van der Waals surface area (Å²) < 4.78 is 7.18. The number of anilines is 1. The highest BCUT2D eigenvalue weighted by atomic mass is 16.5. The van der Waals surface area contributed by atoms with Gasteiger partial charge in [-0.2, -0.15) is 5.10 Å². The molecule has 110 valence electrons. The minimum absolute atomic E-state index is 0.0235. The first-order valence-electron chi connectivity index (χ1n) is 7.03. The number of amides is 1. The molecule has 0 aromatic carbocycles. The van der Waals surface area contributed by atoms with Gasteiger partial charge in [-0.1, -0.05) is 0 Å². The molecule has 2 rings (SSSR count). The predicted octanol–water partition coefficient (Wildman–Crippen LogP) is 1.62. The van der Waals surface area contributed by atoms with E-state index in [-0.39, 0.29) is 24.5 Å². The Morgan fingerprint density at radius 2 is 2.15 bits per heavy atom. The number of hydrogen-bond donors (Lipinski definition) is 1. The zero-order valence-corrected chi connectivity index (χ0v) is 11.8. The molecule has 1 amide bonds. The number of ether oxygens (including phenoxy) is 1. The van der Waals surface area contributed by atoms with Crippen molar-refractivity contribution >= 4 is 17.4 Å². The van der Waals surface area contributed by atoms with Gasteiger partial charge in [0.1, 0.15) is 5.78 Å². The van der Waals surface area contributed by atoms with E-state index in [1.165, 1.54) is 6.92 Å². The molecule has 6 nitrogen and oxygen atoms in total. The molecule has 2 heterocycles. The highest BCUT2D eigenvalue weighted by molar-refractivity contribution is 5.92. The topological polar surface area (TPSA) is 73.2 Å². The van der Waals surface area contributed by atoms with Crippen LogP contribution >= 0.6 is 0 Å². The molecule has 0 unspecified atom stereocenters. The van der Waals surface area contributed by atoms with E-state index >= 15 is 0 Å². The quantitative estimate of drug-likeness (QED) is 0.858. The number of carbonyl (C=O) groups excluding carboxylic acids is 2. The third-order valence-corrected chi connectivity index (χ3v) is 3.41. The number of hydrogen-bond acceptors (Lipinski definition) is 4. The molecule has 0 bridgehead atoms. The second-order valence-corrected chi connectivity index (χ2v) is 5.26. The maximum absolute atomic E-state index is 11.6. The molecule has 1 N–H and O–H groups in total. The maximum Gasteiger partial charge on any atom is 0.224 e. The number of nitrogens with one attached hydrogen (secondary N) is 1. The predicted molar refractivity (Wildman–Crippen MR) is 74.3 cm³/mol. The number of rotatable bonds is 6. The first-order valence-corrected chi connectivity index (χ1v) is 7.03. The Morgan fingerprint density at radius 3 is 2.85 bits per heavy atom. The first kappa shape index (κ1) is 14.7. The fourth-order valence-corrected chi connectivity index (χ4v) is 2.23. The fourth-order valence-electron chi connectivity index (χ4n) is 2.23. The molecular formula is C14H21N3O3. The summed E-state index contributed by atoms with van der Waals surface area (Å²) in [5.41, 5.74) is 0.686. The van der Waals surface area contributed by atoms with E-state index in [1.54, 1.807) is 6.20 Å². The number of ketones is 1. The summed E-state index contributed by atoms with van der Waals surface area (Å²) in [6.45, 7) is 3.98. The lowest BCUT2D eigenvalue weighted by molar-refractivity contribution is -0.121. The van der Waals surface area contributed by atoms with Crippen LogP contribution < -0.4 is 5.32 Å². The van der Waals surface area contributed by atoms with Crippen molar-refractivity contribution in [3.63, 3.8) is 0 Å². The molecule has 1 aromatic rings. The molecule has 1 saturated heterocycles. The Kier molecular flexibility index (Phi) is 5.29. The average Bonchev–Trinajstić information content (AvgIpc) is 2.85. The number of carbonyl (C=O) groups is 2. The minimum atomic E-state index is -0.147. The van der Waals surface area contributed by atoms with E-state index < -0.39 is 0 Å². The van der Waals surface area contributed by atoms with E-state index in [1.807, 2.05) is 10.9 Å². The van der Waals surface area contributed by atoms with E-state index in [4.69, 9.17) is 4.74 Å². The monoisotopic (exact) mass is 279 g/mol. The van der Waals surface area contributed by atoms with Gasteiger partial charge in [0.05, 0.1) is 11.9 Å². The second-order valence-electron chi connectivity index (χ2n) is 5.26. The first-order chi connectivity index (χ1) is 9.63. The van der Waals surface area contributed by atoms with E-state index in [0.717, 1.165) is 32.6 Å². The lowest BCUT2D eigenvalue weighted by Gasteiger charge is -2.21. The third kappa shape index (κ3) is 4.77. The molecule has 1 aliphatic rings. The Bertz CT molecular complexity index is 464. The summed E-state index contributed by atoms with van der Waals surface area (Å²) in [5, 5.41) is 7.01. The van der Waals surface area contributed by atoms with Gasteiger partial charge < -0.3 is 14.8 Å². The van der Waals surface area contributed by atoms with Crippen molar-refractivity contribution < 1.29 is 14.3 Å². The summed E-state index contributed by atoms with van der Waals surface area (Å²) >= 11 is 0. The Balaban J connectivity index is 1.79. The Morgan fingerprint density at radius 1 is 1.40 bits per heavy atom. The molecule has 0 spiro atoms. The maximum atomic E-state index is 11.6. The van der Waals surface area contributed by atoms with Gasteiger partial charge in [-0.05, 0) is 25.7 Å². The smallest absolute Gasteiger partial charge is 0.224 e. The van der Waals surface area contributed by atoms with Crippen molar-refractivity contribution in [2.24, 2.45) is 5.92 Å². The summed E-state index contributed by atoms with van der Waals surface area (Å²) in [4.78, 5) is 22.4. The number of nitrogens with zero attached hydrogens (tertiary/aromatic N) is 2. The van der Waals surface area contributed by atoms with Crippen LogP contribution in [0.2, 0.25) is 0 Å². The van der Waals surface area contributed by atoms with Gasteiger partial charge in [-0.25, -0.2) is 0 Å². The highest BCUT2D eigenvalue weighted by Gasteiger charge is 2.15. The molecule has 1 fully saturated rings. The normalized spacial score (nSPS) is 16.1. The van der Waals surface area contributed by atoms with Crippen LogP contribution in [0.4, 0.5) is 5.69 Å². The van der Waals surface area contributed by atoms with Crippen molar-refractivity contribution in [2.75, 3.05) is 18.5 Å². The summed E-state index contributed by atoms with van der Waals surface area (Å²) in [6, 6.07) is 0. The SMILES string of the molecule is CC(=O)CCC(=O)Nc1cnn(CC2CCOCC2)c1. The van der Waals surface area contributed by atoms with Crippen LogP contribution in [0.5, 0.6) is 0 Å². The van der Waals surface area contributed by atoms with E-state index in [0.29, 0.717) is 11.6 Å². The van der Waals surface area contributed by atoms with E-state index in [9.17, 15) is 9.59 Å². The van der Waals surface area contributed by atoms with E-state index in [2.05, 4.69) is 10.4 Å². The van der Waals surface area contributed by atoms with Crippen molar-refractivity contribution in [1.29, 1.82) is 0 Å². The molecule has 0 atom stereocenters. The minimum Gasteiger partial charge on any atom is -0.381 e. The number of aromatic nitrogens is 2. The van der Waals surface area contributed by atoms with Crippen molar-refractivity contribution in [3.8, 4) is 0 Å². The van der Waals surface area contributed by atoms with Gasteiger partial charge in [0, 0.05) is 38.8 Å². The summed E-state index contributed by atoms with van der Waals surface area (Å²) in [7, 11) is 0. The third-order valence-electron chi connectivity index (χ3n) is 3.41. The van der Waals surface area contributed by atoms with Crippen LogP contribution in [0.15, 0.2) is 12.4 Å². The van der Waals surface area contributed by atoms with Gasteiger partial charge in [0.15, 0.2) is 0 Å². The van der Waals surface area contributed by atoms with Crippen LogP contribution in [0, 0.1) is 5.92 Å². The van der Waals surface area contributed by atoms with Gasteiger partial charge in [0.25, 0.3) is 0 Å². The molecule has 20 heavy (non-hydrogen) atoms. The molecule has 1 aromatic heterocycles. The van der Waals surface area contributed by atoms with Gasteiger partial charge in [0.2, 0.25) is 5.91 Å². The Hall–Kier alpha value is -1.69. The lowest BCUT2D eigenvalue weighted by Crippen LogP contribution is -2.20. The zero-order valence-electron chi connectivity index (χ0n) is 11.8. The highest BCUT2D eigenvalue weighted by Crippen LogP contribution is 2.17. The van der Waals surface area contributed by atoms with Gasteiger partial charge in [-0.15, -0.1) is 0 Å². The molecule has 0 radical (unpaired) electrons. The summed E-state index contributed by atoms with van der Waals surface area (Å²) in [6.07, 6.45) is 6.09. The van der Waals surface area contributed by atoms with Crippen molar-refractivity contribution in [3.05, 3.63) is 12.4 Å². The molecule has 1 aliphatic heterocycles. The van der Waals surface area contributed by atoms with Crippen LogP contribution in [0.25, 0.3) is 0 Å². The van der Waals surface area contributed by atoms with Crippen molar-refractivity contribution in [2.45, 2.75) is 39.2 Å². The van der Waals surface area contributed by atoms with Crippen molar-refractivity contribution in [1.82, 2.24) is 9.78 Å². The Labute approximate surface area is 118 Å². The zero-order chi connectivity index (χ0) is 14.4. The van der Waals surface area contributed by atoms with Crippen LogP contribution in [-0.4, -0.2) is 34.7 Å². The average molecular weight is 279 g/mol. The number of Topliss-reactive ketones (excluding diaryl/α,β-unsaturated/α-hetero) is 1. The fraction of sp³-hybridized carbons (Fsp3) is 0.643. The summed E-state index contributed by atoms with van der Waals surface area (Å²) in [5.74, 6) is 0.464. The van der Waals surface area contributed by atoms with Gasteiger partial charge in [-0.3, -0.25) is 9.48 Å². The molecular weight excluding hydrogens is 258 g/mol. The second kappa shape index (κ2) is 7.19. The van der Waals surface area contributed by atoms with Crippen LogP contribution in [-0.2, 0) is 20.9 Å². The lowest BCUT2D eigenvalue weighted by atomic mass is 10.0. The largest absolute Gasteiger partial charge is 0.381 e. The molecule has 0 aliphatic carbocycles. The van der Waals surface area contributed by atoms with Crippen LogP contribution in [0.1, 0.15) is 32.6 Å². The van der Waals surface area contributed by atoms with Crippen LogP contribution in [0.3, 0.4) is 0 Å². The molecule has 0 saturated carbocycles. The van der Waals surface area contributed by atoms with Gasteiger partial charge >= 0.3 is 0 Å². The standard InChI is InChI=1S/C14H21N3O3/c1-11(18)2-3-14(19)16-13-8-15-17(10-13)9-12-4-6-20-7-5-12/h8,10,12H,2-7,9H2,1H3,(H,16,19).